The summed E-state index contributed by atoms with van der Waals surface area (Å²) in [6.45, 7) is 1.77. The largest absolute Gasteiger partial charge is 0.496 e. The van der Waals surface area contributed by atoms with E-state index in [-0.39, 0.29) is 11.8 Å². The average molecular weight is 358 g/mol. The zero-order valence-corrected chi connectivity index (χ0v) is 15.2. The van der Waals surface area contributed by atoms with Crippen molar-refractivity contribution in [3.8, 4) is 17.2 Å². The van der Waals surface area contributed by atoms with Crippen LogP contribution in [0.15, 0.2) is 36.4 Å². The summed E-state index contributed by atoms with van der Waals surface area (Å²) in [6.07, 6.45) is 0.374. The van der Waals surface area contributed by atoms with E-state index in [9.17, 15) is 9.59 Å². The van der Waals surface area contributed by atoms with Crippen LogP contribution in [-0.2, 0) is 4.79 Å². The molecule has 2 aromatic rings. The number of hydrogen-bond donors (Lipinski definition) is 2. The molecule has 0 radical (unpaired) electrons. The molecule has 2 aromatic carbocycles. The van der Waals surface area contributed by atoms with Crippen LogP contribution in [0.4, 0.5) is 11.4 Å². The highest BCUT2D eigenvalue weighted by Gasteiger charge is 2.18. The van der Waals surface area contributed by atoms with Gasteiger partial charge in [0.2, 0.25) is 5.91 Å². The fourth-order valence-corrected chi connectivity index (χ4v) is 2.33. The smallest absolute Gasteiger partial charge is 0.259 e. The van der Waals surface area contributed by atoms with E-state index in [4.69, 9.17) is 14.2 Å². The van der Waals surface area contributed by atoms with E-state index >= 15 is 0 Å². The average Bonchev–Trinajstić information content (AvgIpc) is 2.66. The summed E-state index contributed by atoms with van der Waals surface area (Å²) in [7, 11) is 4.47. The van der Waals surface area contributed by atoms with Crippen LogP contribution in [0, 0.1) is 0 Å². The molecule has 0 spiro atoms. The Morgan fingerprint density at radius 1 is 0.846 bits per heavy atom. The van der Waals surface area contributed by atoms with Gasteiger partial charge in [0.15, 0.2) is 11.5 Å². The lowest BCUT2D eigenvalue weighted by Gasteiger charge is -2.14. The molecule has 0 aliphatic heterocycles. The minimum absolute atomic E-state index is 0.102. The van der Waals surface area contributed by atoms with Crippen molar-refractivity contribution < 1.29 is 23.8 Å². The van der Waals surface area contributed by atoms with Gasteiger partial charge < -0.3 is 24.8 Å². The maximum atomic E-state index is 12.7. The van der Waals surface area contributed by atoms with Gasteiger partial charge in [-0.3, -0.25) is 9.59 Å². The Hall–Kier alpha value is -3.22. The molecule has 138 valence electrons. The number of nitrogens with one attached hydrogen (secondary N) is 2. The van der Waals surface area contributed by atoms with Crippen LogP contribution >= 0.6 is 0 Å². The third-order valence-corrected chi connectivity index (χ3v) is 3.68. The summed E-state index contributed by atoms with van der Waals surface area (Å²) < 4.78 is 15.7. The van der Waals surface area contributed by atoms with Gasteiger partial charge in [-0.05, 0) is 18.2 Å². The number of hydrogen-bond acceptors (Lipinski definition) is 5. The Kier molecular flexibility index (Phi) is 6.43. The minimum Gasteiger partial charge on any atom is -0.496 e. The number of methoxy groups -OCH3 is 3. The van der Waals surface area contributed by atoms with E-state index in [1.165, 1.54) is 21.3 Å². The van der Waals surface area contributed by atoms with Gasteiger partial charge in [0.1, 0.15) is 5.75 Å². The Morgan fingerprint density at radius 3 is 2.00 bits per heavy atom. The third-order valence-electron chi connectivity index (χ3n) is 3.68. The molecule has 7 heteroatoms. The molecule has 0 atom stereocenters. The van der Waals surface area contributed by atoms with Crippen molar-refractivity contribution in [3.05, 3.63) is 42.0 Å². The van der Waals surface area contributed by atoms with Crippen LogP contribution in [0.25, 0.3) is 0 Å². The van der Waals surface area contributed by atoms with Crippen molar-refractivity contribution in [1.29, 1.82) is 0 Å². The lowest BCUT2D eigenvalue weighted by molar-refractivity contribution is -0.115. The lowest BCUT2D eigenvalue weighted by Crippen LogP contribution is -2.14. The molecule has 0 fully saturated rings. The van der Waals surface area contributed by atoms with Gasteiger partial charge in [-0.2, -0.15) is 0 Å². The van der Waals surface area contributed by atoms with Crippen molar-refractivity contribution in [3.63, 3.8) is 0 Å². The first kappa shape index (κ1) is 19.1. The van der Waals surface area contributed by atoms with Crippen molar-refractivity contribution in [2.24, 2.45) is 0 Å². The molecule has 0 saturated heterocycles. The zero-order valence-electron chi connectivity index (χ0n) is 15.2. The molecule has 0 bridgehead atoms. The summed E-state index contributed by atoms with van der Waals surface area (Å²) in [4.78, 5) is 24.2. The normalized spacial score (nSPS) is 10.0. The molecule has 0 aliphatic carbocycles. The molecule has 0 heterocycles. The number of carbonyl (C=O) groups is 2. The molecule has 0 unspecified atom stereocenters. The number of benzene rings is 2. The van der Waals surface area contributed by atoms with Crippen molar-refractivity contribution in [2.45, 2.75) is 13.3 Å². The number of carbonyl (C=O) groups excluding carboxylic acids is 2. The van der Waals surface area contributed by atoms with Crippen molar-refractivity contribution >= 4 is 23.2 Å². The zero-order chi connectivity index (χ0) is 19.1. The Morgan fingerprint density at radius 2 is 1.42 bits per heavy atom. The summed E-state index contributed by atoms with van der Waals surface area (Å²) >= 11 is 0. The first-order chi connectivity index (χ1) is 12.5. The van der Waals surface area contributed by atoms with Crippen molar-refractivity contribution in [2.75, 3.05) is 32.0 Å². The van der Waals surface area contributed by atoms with E-state index < -0.39 is 0 Å². The van der Waals surface area contributed by atoms with Crippen LogP contribution in [0.5, 0.6) is 17.2 Å². The van der Waals surface area contributed by atoms with Crippen LogP contribution in [0.2, 0.25) is 0 Å². The Bertz CT molecular complexity index is 805. The number of ether oxygens (including phenoxy) is 3. The second-order valence-electron chi connectivity index (χ2n) is 5.34. The van der Waals surface area contributed by atoms with E-state index in [1.54, 1.807) is 43.3 Å². The van der Waals surface area contributed by atoms with Crippen LogP contribution in [0.3, 0.4) is 0 Å². The molecule has 0 aromatic heterocycles. The number of rotatable bonds is 7. The van der Waals surface area contributed by atoms with Crippen LogP contribution in [0.1, 0.15) is 23.7 Å². The number of anilines is 2. The van der Waals surface area contributed by atoms with E-state index in [1.807, 2.05) is 0 Å². The summed E-state index contributed by atoms with van der Waals surface area (Å²) in [6, 6.07) is 10.0. The Labute approximate surface area is 152 Å². The molecule has 0 saturated carbocycles. The standard InChI is InChI=1S/C19H22N2O5/c1-5-18(22)20-12-7-6-8-13(9-12)21-19(23)14-10-16(25-3)17(26-4)11-15(14)24-2/h6-11H,5H2,1-4H3,(H,20,22)(H,21,23). The van der Waals surface area contributed by atoms with Crippen LogP contribution < -0.4 is 24.8 Å². The van der Waals surface area contributed by atoms with Crippen molar-refractivity contribution in [1.82, 2.24) is 0 Å². The second kappa shape index (κ2) is 8.75. The molecule has 2 amide bonds. The first-order valence-corrected chi connectivity index (χ1v) is 8.03. The Balaban J connectivity index is 2.27. The van der Waals surface area contributed by atoms with Gasteiger partial charge in [0, 0.05) is 29.9 Å². The molecular formula is C19H22N2O5. The molecule has 2 rings (SSSR count). The summed E-state index contributed by atoms with van der Waals surface area (Å²) in [5.74, 6) is 0.764. The van der Waals surface area contributed by atoms with Gasteiger partial charge in [-0.15, -0.1) is 0 Å². The SMILES string of the molecule is CCC(=O)Nc1cccc(NC(=O)c2cc(OC)c(OC)cc2OC)c1. The van der Waals surface area contributed by atoms with Gasteiger partial charge in [-0.25, -0.2) is 0 Å². The molecule has 26 heavy (non-hydrogen) atoms. The maximum Gasteiger partial charge on any atom is 0.259 e. The monoisotopic (exact) mass is 358 g/mol. The third kappa shape index (κ3) is 4.44. The van der Waals surface area contributed by atoms with E-state index in [0.29, 0.717) is 40.6 Å². The second-order valence-corrected chi connectivity index (χ2v) is 5.34. The highest BCUT2D eigenvalue weighted by Crippen LogP contribution is 2.35. The summed E-state index contributed by atoms with van der Waals surface area (Å²) in [5, 5.41) is 5.54. The maximum absolute atomic E-state index is 12.7. The minimum atomic E-state index is -0.373. The highest BCUT2D eigenvalue weighted by atomic mass is 16.5. The fraction of sp³-hybridized carbons (Fsp3) is 0.263. The first-order valence-electron chi connectivity index (χ1n) is 8.03. The van der Waals surface area contributed by atoms with E-state index in [2.05, 4.69) is 10.6 Å². The quantitative estimate of drug-likeness (QED) is 0.793. The van der Waals surface area contributed by atoms with Gasteiger partial charge in [0.05, 0.1) is 26.9 Å². The predicted molar refractivity (Wildman–Crippen MR) is 99.4 cm³/mol. The topological polar surface area (TPSA) is 85.9 Å². The van der Waals surface area contributed by atoms with Crippen LogP contribution in [-0.4, -0.2) is 33.1 Å². The summed E-state index contributed by atoms with van der Waals surface area (Å²) in [5.41, 5.74) is 1.45. The van der Waals surface area contributed by atoms with Gasteiger partial charge >= 0.3 is 0 Å². The van der Waals surface area contributed by atoms with Gasteiger partial charge in [0.25, 0.3) is 5.91 Å². The fourth-order valence-electron chi connectivity index (χ4n) is 2.33. The predicted octanol–water partition coefficient (Wildman–Crippen LogP) is 3.31. The number of amides is 2. The molecule has 0 aliphatic rings. The molecule has 2 N–H and O–H groups in total. The highest BCUT2D eigenvalue weighted by molar-refractivity contribution is 6.07. The lowest BCUT2D eigenvalue weighted by atomic mass is 10.1. The molecular weight excluding hydrogens is 336 g/mol. The molecule has 7 nitrogen and oxygen atoms in total. The van der Waals surface area contributed by atoms with Gasteiger partial charge in [-0.1, -0.05) is 13.0 Å². The van der Waals surface area contributed by atoms with E-state index in [0.717, 1.165) is 0 Å².